The highest BCUT2D eigenvalue weighted by molar-refractivity contribution is 5.78. The number of likely N-dealkylation sites (N-methyl/N-ethyl adjacent to an activating group) is 1. The average Bonchev–Trinajstić information content (AvgIpc) is 2.61. The third-order valence-corrected chi connectivity index (χ3v) is 4.29. The number of nitrogens with zero attached hydrogens (tertiary/aromatic N) is 1. The number of rotatable bonds is 9. The Morgan fingerprint density at radius 2 is 1.85 bits per heavy atom. The Kier molecular flexibility index (Phi) is 7.67. The largest absolute Gasteiger partial charge is 0.491 e. The van der Waals surface area contributed by atoms with Crippen molar-refractivity contribution < 1.29 is 14.6 Å². The van der Waals surface area contributed by atoms with Gasteiger partial charge >= 0.3 is 0 Å². The predicted octanol–water partition coefficient (Wildman–Crippen LogP) is 3.64. The van der Waals surface area contributed by atoms with Gasteiger partial charge in [-0.05, 0) is 43.5 Å². The fourth-order valence-corrected chi connectivity index (χ4v) is 2.99. The van der Waals surface area contributed by atoms with Crippen LogP contribution in [-0.2, 0) is 11.2 Å². The van der Waals surface area contributed by atoms with Crippen LogP contribution in [0.5, 0.6) is 5.75 Å². The van der Waals surface area contributed by atoms with E-state index in [2.05, 4.69) is 0 Å². The van der Waals surface area contributed by atoms with Crippen molar-refractivity contribution in [2.75, 3.05) is 20.2 Å². The molecule has 1 unspecified atom stereocenters. The van der Waals surface area contributed by atoms with Crippen LogP contribution in [-0.4, -0.2) is 42.2 Å². The van der Waals surface area contributed by atoms with E-state index in [0.29, 0.717) is 19.4 Å². The Balaban J connectivity index is 2.00. The van der Waals surface area contributed by atoms with Crippen LogP contribution in [0.2, 0.25) is 0 Å². The number of carbonyl (C=O) groups excluding carboxylic acids is 1. The minimum absolute atomic E-state index is 0.0607. The van der Waals surface area contributed by atoms with E-state index in [-0.39, 0.29) is 24.5 Å². The quantitative estimate of drug-likeness (QED) is 0.747. The topological polar surface area (TPSA) is 49.8 Å². The number of hydrogen-bond donors (Lipinski definition) is 1. The van der Waals surface area contributed by atoms with E-state index in [1.807, 2.05) is 75.5 Å². The lowest BCUT2D eigenvalue weighted by atomic mass is 9.95. The molecule has 0 radical (unpaired) electrons. The lowest BCUT2D eigenvalue weighted by Crippen LogP contribution is -2.32. The first-order valence-corrected chi connectivity index (χ1v) is 9.15. The van der Waals surface area contributed by atoms with Crippen molar-refractivity contribution in [2.24, 2.45) is 0 Å². The van der Waals surface area contributed by atoms with Crippen LogP contribution in [0.4, 0.5) is 0 Å². The molecule has 0 saturated heterocycles. The molecule has 2 aromatic carbocycles. The van der Waals surface area contributed by atoms with Crippen LogP contribution in [0.25, 0.3) is 0 Å². The molecule has 2 rings (SSSR count). The van der Waals surface area contributed by atoms with Crippen LogP contribution in [0.15, 0.2) is 54.6 Å². The molecule has 0 aromatic heterocycles. The van der Waals surface area contributed by atoms with Gasteiger partial charge in [0.25, 0.3) is 0 Å². The van der Waals surface area contributed by atoms with Crippen LogP contribution in [0.1, 0.15) is 37.3 Å². The summed E-state index contributed by atoms with van der Waals surface area (Å²) < 4.78 is 5.70. The summed E-state index contributed by atoms with van der Waals surface area (Å²) in [6.45, 7) is 4.66. The van der Waals surface area contributed by atoms with Crippen molar-refractivity contribution >= 4 is 5.91 Å². The first-order chi connectivity index (χ1) is 12.5. The Labute approximate surface area is 156 Å². The summed E-state index contributed by atoms with van der Waals surface area (Å²) in [5, 5.41) is 9.37. The molecule has 0 aliphatic carbocycles. The Morgan fingerprint density at radius 1 is 1.12 bits per heavy atom. The second kappa shape index (κ2) is 9.97. The van der Waals surface area contributed by atoms with Crippen molar-refractivity contribution in [3.8, 4) is 5.75 Å². The molecule has 1 N–H and O–H groups in total. The molecule has 1 atom stereocenters. The van der Waals surface area contributed by atoms with E-state index in [9.17, 15) is 9.90 Å². The van der Waals surface area contributed by atoms with E-state index in [0.717, 1.165) is 16.9 Å². The fraction of sp³-hybridized carbons (Fsp3) is 0.409. The van der Waals surface area contributed by atoms with Crippen molar-refractivity contribution in [3.05, 3.63) is 65.7 Å². The molecule has 1 amide bonds. The third kappa shape index (κ3) is 6.19. The maximum Gasteiger partial charge on any atom is 0.226 e. The van der Waals surface area contributed by atoms with Gasteiger partial charge in [-0.15, -0.1) is 0 Å². The number of ether oxygens (including phenoxy) is 1. The number of hydrogen-bond acceptors (Lipinski definition) is 3. The van der Waals surface area contributed by atoms with Gasteiger partial charge in [-0.25, -0.2) is 0 Å². The Bertz CT molecular complexity index is 685. The minimum Gasteiger partial charge on any atom is -0.491 e. The highest BCUT2D eigenvalue weighted by Crippen LogP contribution is 2.21. The molecule has 0 spiro atoms. The third-order valence-electron chi connectivity index (χ3n) is 4.29. The molecule has 140 valence electrons. The highest BCUT2D eigenvalue weighted by atomic mass is 16.5. The molecule has 4 heteroatoms. The number of benzene rings is 2. The predicted molar refractivity (Wildman–Crippen MR) is 104 cm³/mol. The first kappa shape index (κ1) is 20.0. The van der Waals surface area contributed by atoms with Gasteiger partial charge in [-0.2, -0.15) is 0 Å². The molecule has 0 saturated carbocycles. The van der Waals surface area contributed by atoms with E-state index in [4.69, 9.17) is 4.74 Å². The van der Waals surface area contributed by atoms with Crippen LogP contribution in [0.3, 0.4) is 0 Å². The summed E-state index contributed by atoms with van der Waals surface area (Å²) in [5.74, 6) is 0.978. The number of carbonyl (C=O) groups is 1. The summed E-state index contributed by atoms with van der Waals surface area (Å²) in [6, 6.07) is 17.7. The summed E-state index contributed by atoms with van der Waals surface area (Å²) in [7, 11) is 1.82. The summed E-state index contributed by atoms with van der Waals surface area (Å²) in [6.07, 6.45) is 1.08. The molecule has 4 nitrogen and oxygen atoms in total. The summed E-state index contributed by atoms with van der Waals surface area (Å²) >= 11 is 0. The smallest absolute Gasteiger partial charge is 0.226 e. The number of aliphatic hydroxyl groups excluding tert-OH is 1. The number of amides is 1. The van der Waals surface area contributed by atoms with Crippen molar-refractivity contribution in [1.29, 1.82) is 0 Å². The van der Waals surface area contributed by atoms with Gasteiger partial charge in [0, 0.05) is 26.1 Å². The molecular formula is C22H29NO3. The van der Waals surface area contributed by atoms with Crippen LogP contribution >= 0.6 is 0 Å². The zero-order chi connectivity index (χ0) is 18.9. The molecule has 2 aromatic rings. The average molecular weight is 355 g/mol. The minimum atomic E-state index is 0.0607. The van der Waals surface area contributed by atoms with E-state index in [1.54, 1.807) is 4.90 Å². The molecule has 26 heavy (non-hydrogen) atoms. The fourth-order valence-electron chi connectivity index (χ4n) is 2.99. The summed E-state index contributed by atoms with van der Waals surface area (Å²) in [5.41, 5.74) is 2.09. The van der Waals surface area contributed by atoms with Crippen LogP contribution < -0.4 is 4.74 Å². The standard InChI is InChI=1S/C22H29NO3/c1-17(2)26-21-11-7-8-18(14-21)15-22(25)23(3)16-20(12-13-24)19-9-5-4-6-10-19/h4-11,14,17,20,24H,12-13,15-16H2,1-3H3. The monoisotopic (exact) mass is 355 g/mol. The van der Waals surface area contributed by atoms with E-state index >= 15 is 0 Å². The van der Waals surface area contributed by atoms with Gasteiger partial charge in [0.15, 0.2) is 0 Å². The Hall–Kier alpha value is -2.33. The van der Waals surface area contributed by atoms with Gasteiger partial charge in [0.2, 0.25) is 5.91 Å². The second-order valence-electron chi connectivity index (χ2n) is 6.88. The zero-order valence-corrected chi connectivity index (χ0v) is 15.9. The van der Waals surface area contributed by atoms with E-state index in [1.165, 1.54) is 0 Å². The van der Waals surface area contributed by atoms with Gasteiger partial charge in [-0.3, -0.25) is 4.79 Å². The normalized spacial score (nSPS) is 12.0. The van der Waals surface area contributed by atoms with Crippen molar-refractivity contribution in [1.82, 2.24) is 4.90 Å². The molecule has 0 fully saturated rings. The van der Waals surface area contributed by atoms with Gasteiger partial charge in [0.1, 0.15) is 5.75 Å². The highest BCUT2D eigenvalue weighted by Gasteiger charge is 2.17. The maximum absolute atomic E-state index is 12.6. The van der Waals surface area contributed by atoms with Gasteiger partial charge in [0.05, 0.1) is 12.5 Å². The van der Waals surface area contributed by atoms with Crippen molar-refractivity contribution in [3.63, 3.8) is 0 Å². The molecule has 0 bridgehead atoms. The van der Waals surface area contributed by atoms with E-state index < -0.39 is 0 Å². The van der Waals surface area contributed by atoms with Gasteiger partial charge < -0.3 is 14.7 Å². The van der Waals surface area contributed by atoms with Crippen molar-refractivity contribution in [2.45, 2.75) is 38.7 Å². The summed E-state index contributed by atoms with van der Waals surface area (Å²) in [4.78, 5) is 14.4. The molecule has 0 aliphatic rings. The molecule has 0 heterocycles. The molecule has 0 aliphatic heterocycles. The number of aliphatic hydroxyl groups is 1. The maximum atomic E-state index is 12.6. The first-order valence-electron chi connectivity index (χ1n) is 9.15. The lowest BCUT2D eigenvalue weighted by molar-refractivity contribution is -0.129. The second-order valence-corrected chi connectivity index (χ2v) is 6.88. The Morgan fingerprint density at radius 3 is 2.50 bits per heavy atom. The lowest BCUT2D eigenvalue weighted by Gasteiger charge is -2.24. The van der Waals surface area contributed by atoms with Gasteiger partial charge in [-0.1, -0.05) is 42.5 Å². The molecular weight excluding hydrogens is 326 g/mol. The van der Waals surface area contributed by atoms with Crippen LogP contribution in [0, 0.1) is 0 Å². The SMILES string of the molecule is CC(C)Oc1cccc(CC(=O)N(C)CC(CCO)c2ccccc2)c1. The zero-order valence-electron chi connectivity index (χ0n) is 15.9.